The van der Waals surface area contributed by atoms with E-state index in [1.54, 1.807) is 0 Å². The van der Waals surface area contributed by atoms with Crippen molar-refractivity contribution in [2.45, 2.75) is 17.6 Å². The van der Waals surface area contributed by atoms with E-state index in [1.807, 2.05) is 36.6 Å². The van der Waals surface area contributed by atoms with Crippen LogP contribution in [-0.2, 0) is 19.9 Å². The quantitative estimate of drug-likeness (QED) is 0.754. The average molecular weight is 245 g/mol. The van der Waals surface area contributed by atoms with Gasteiger partial charge in [-0.15, -0.1) is 0 Å². The highest BCUT2D eigenvalue weighted by atomic mass is 32.2. The second kappa shape index (κ2) is 4.84. The summed E-state index contributed by atoms with van der Waals surface area (Å²) in [6.45, 7) is 2.06. The third-order valence-electron chi connectivity index (χ3n) is 2.80. The van der Waals surface area contributed by atoms with Gasteiger partial charge in [0, 0.05) is 5.56 Å². The second-order valence-corrected chi connectivity index (χ2v) is 7.22. The molecule has 17 heavy (non-hydrogen) atoms. The molecule has 2 rings (SSSR count). The zero-order chi connectivity index (χ0) is 12.3. The second-order valence-electron chi connectivity index (χ2n) is 4.45. The topological polar surface area (TPSA) is 17.1 Å². The molecule has 2 aromatic rings. The molecule has 2 aromatic carbocycles. The molecule has 0 N–H and O–H groups in total. The molecule has 1 unspecified atom stereocenters. The molecule has 0 aromatic heterocycles. The highest BCUT2D eigenvalue weighted by Crippen LogP contribution is 2.21. The number of hydrogen-bond donors (Lipinski definition) is 0. The maximum absolute atomic E-state index is 12.6. The molecule has 0 heterocycles. The van der Waals surface area contributed by atoms with Crippen molar-refractivity contribution in [1.82, 2.24) is 0 Å². The fourth-order valence-corrected chi connectivity index (χ4v) is 3.52. The van der Waals surface area contributed by atoms with Crippen LogP contribution in [0.3, 0.4) is 0 Å². The van der Waals surface area contributed by atoms with E-state index in [1.165, 1.54) is 5.56 Å². The molecule has 0 spiro atoms. The van der Waals surface area contributed by atoms with Gasteiger partial charge in [-0.25, -0.2) is 0 Å². The van der Waals surface area contributed by atoms with Crippen molar-refractivity contribution in [1.29, 1.82) is 0 Å². The van der Waals surface area contributed by atoms with Gasteiger partial charge in [-0.3, -0.25) is 0 Å². The molecule has 0 aliphatic carbocycles. The van der Waals surface area contributed by atoms with Crippen molar-refractivity contribution >= 4 is 9.93 Å². The zero-order valence-electron chi connectivity index (χ0n) is 10.2. The molecular formula is C15H17OS+. The third kappa shape index (κ3) is 3.04. The van der Waals surface area contributed by atoms with Gasteiger partial charge in [0.1, 0.15) is 21.9 Å². The number of aryl methyl sites for hydroxylation is 1. The normalized spacial score (nSPS) is 14.2. The van der Waals surface area contributed by atoms with Crippen LogP contribution in [-0.4, -0.2) is 6.26 Å². The highest BCUT2D eigenvalue weighted by molar-refractivity contribution is 8.01. The molecule has 1 atom stereocenters. The largest absolute Gasteiger partial charge is 0.158 e. The van der Waals surface area contributed by atoms with E-state index in [0.717, 1.165) is 10.5 Å². The Kier molecular flexibility index (Phi) is 3.43. The fourth-order valence-electron chi connectivity index (χ4n) is 1.79. The van der Waals surface area contributed by atoms with Gasteiger partial charge in [-0.1, -0.05) is 52.2 Å². The molecule has 0 fully saturated rings. The van der Waals surface area contributed by atoms with Crippen LogP contribution in [0, 0.1) is 6.92 Å². The van der Waals surface area contributed by atoms with Crippen LogP contribution in [0.2, 0.25) is 0 Å². The maximum Gasteiger partial charge on any atom is 0.158 e. The Labute approximate surface area is 104 Å². The van der Waals surface area contributed by atoms with Crippen LogP contribution in [0.1, 0.15) is 11.1 Å². The van der Waals surface area contributed by atoms with Gasteiger partial charge in [-0.2, -0.15) is 0 Å². The molecular weight excluding hydrogens is 228 g/mol. The van der Waals surface area contributed by atoms with Crippen LogP contribution in [0.15, 0.2) is 59.5 Å². The SMILES string of the molecule is Cc1ccc(C[S+](C)(=O)c2ccccc2)cc1. The van der Waals surface area contributed by atoms with Crippen molar-refractivity contribution in [3.63, 3.8) is 0 Å². The summed E-state index contributed by atoms with van der Waals surface area (Å²) in [5, 5.41) is 0. The van der Waals surface area contributed by atoms with Gasteiger partial charge in [-0.05, 0) is 19.1 Å². The predicted molar refractivity (Wildman–Crippen MR) is 73.6 cm³/mol. The van der Waals surface area contributed by atoms with E-state index in [-0.39, 0.29) is 0 Å². The number of benzene rings is 2. The summed E-state index contributed by atoms with van der Waals surface area (Å²) in [6.07, 6.45) is 1.84. The van der Waals surface area contributed by atoms with Gasteiger partial charge in [0.05, 0.1) is 0 Å². The van der Waals surface area contributed by atoms with Crippen LogP contribution in [0.5, 0.6) is 0 Å². The molecule has 1 nitrogen and oxygen atoms in total. The Morgan fingerprint density at radius 3 is 2.12 bits per heavy atom. The minimum absolute atomic E-state index is 0.608. The molecule has 0 radical (unpaired) electrons. The van der Waals surface area contributed by atoms with E-state index in [0.29, 0.717) is 5.75 Å². The van der Waals surface area contributed by atoms with Gasteiger partial charge in [0.15, 0.2) is 4.90 Å². The lowest BCUT2D eigenvalue weighted by molar-refractivity contribution is 0.587. The molecule has 88 valence electrons. The van der Waals surface area contributed by atoms with Crippen LogP contribution < -0.4 is 0 Å². The predicted octanol–water partition coefficient (Wildman–Crippen LogP) is 3.68. The summed E-state index contributed by atoms with van der Waals surface area (Å²) in [5.74, 6) is 0.608. The number of rotatable bonds is 3. The Morgan fingerprint density at radius 2 is 1.53 bits per heavy atom. The molecule has 0 amide bonds. The van der Waals surface area contributed by atoms with Crippen molar-refractivity contribution < 1.29 is 4.21 Å². The van der Waals surface area contributed by atoms with Crippen LogP contribution in [0.25, 0.3) is 0 Å². The van der Waals surface area contributed by atoms with E-state index in [4.69, 9.17) is 0 Å². The first-order valence-electron chi connectivity index (χ1n) is 5.65. The Hall–Kier alpha value is -1.41. The van der Waals surface area contributed by atoms with Crippen molar-refractivity contribution in [3.05, 3.63) is 65.7 Å². The van der Waals surface area contributed by atoms with Crippen molar-refractivity contribution in [3.8, 4) is 0 Å². The van der Waals surface area contributed by atoms with E-state index in [9.17, 15) is 4.21 Å². The first-order valence-corrected chi connectivity index (χ1v) is 7.79. The lowest BCUT2D eigenvalue weighted by atomic mass is 10.2. The number of hydrogen-bond acceptors (Lipinski definition) is 1. The lowest BCUT2D eigenvalue weighted by Gasteiger charge is -2.07. The summed E-state index contributed by atoms with van der Waals surface area (Å²) in [6, 6.07) is 18.0. The van der Waals surface area contributed by atoms with E-state index in [2.05, 4.69) is 31.2 Å². The van der Waals surface area contributed by atoms with Gasteiger partial charge >= 0.3 is 0 Å². The summed E-state index contributed by atoms with van der Waals surface area (Å²) >= 11 is 0. The summed E-state index contributed by atoms with van der Waals surface area (Å²) in [4.78, 5) is 0.931. The Bertz CT molecular complexity index is 529. The molecule has 0 bridgehead atoms. The Morgan fingerprint density at radius 1 is 0.941 bits per heavy atom. The minimum Gasteiger partial charge on any atom is -0.0996 e. The fraction of sp³-hybridized carbons (Fsp3) is 0.200. The van der Waals surface area contributed by atoms with Crippen molar-refractivity contribution in [2.24, 2.45) is 0 Å². The van der Waals surface area contributed by atoms with Crippen LogP contribution >= 0.6 is 0 Å². The molecule has 0 saturated carbocycles. The maximum atomic E-state index is 12.6. The minimum atomic E-state index is -1.98. The molecule has 0 saturated heterocycles. The molecule has 2 heteroatoms. The molecule has 0 aliphatic heterocycles. The molecule has 0 aliphatic rings. The first kappa shape index (κ1) is 12.1. The first-order chi connectivity index (χ1) is 8.08. The van der Waals surface area contributed by atoms with E-state index >= 15 is 0 Å². The van der Waals surface area contributed by atoms with Crippen molar-refractivity contribution in [2.75, 3.05) is 6.26 Å². The Balaban J connectivity index is 2.23. The zero-order valence-corrected chi connectivity index (χ0v) is 11.0. The standard InChI is InChI=1S/C15H17OS/c1-13-8-10-14(11-9-13)12-17(2,16)15-6-4-3-5-7-15/h3-11H,12H2,1-2H3/q+1. The summed E-state index contributed by atoms with van der Waals surface area (Å²) in [5.41, 5.74) is 2.36. The van der Waals surface area contributed by atoms with Gasteiger partial charge in [0.25, 0.3) is 0 Å². The average Bonchev–Trinajstić information content (AvgIpc) is 2.33. The third-order valence-corrected chi connectivity index (χ3v) is 4.96. The highest BCUT2D eigenvalue weighted by Gasteiger charge is 2.24. The van der Waals surface area contributed by atoms with E-state index < -0.39 is 9.93 Å². The monoisotopic (exact) mass is 245 g/mol. The van der Waals surface area contributed by atoms with Crippen LogP contribution in [0.4, 0.5) is 0 Å². The van der Waals surface area contributed by atoms with Gasteiger partial charge < -0.3 is 0 Å². The summed E-state index contributed by atoms with van der Waals surface area (Å²) < 4.78 is 12.6. The smallest absolute Gasteiger partial charge is 0.0996 e. The van der Waals surface area contributed by atoms with Gasteiger partial charge in [0.2, 0.25) is 0 Å². The lowest BCUT2D eigenvalue weighted by Crippen LogP contribution is -2.11. The summed E-state index contributed by atoms with van der Waals surface area (Å²) in [7, 11) is -1.98.